The van der Waals surface area contributed by atoms with Crippen LogP contribution < -0.4 is 0 Å². The maximum atomic E-state index is 13.9. The zero-order valence-electron chi connectivity index (χ0n) is 16.7. The van der Waals surface area contributed by atoms with Gasteiger partial charge in [-0.05, 0) is 46.8 Å². The quantitative estimate of drug-likeness (QED) is 0.736. The second kappa shape index (κ2) is 8.67. The number of halogens is 1. The first-order valence-electron chi connectivity index (χ1n) is 9.38. The lowest BCUT2D eigenvalue weighted by molar-refractivity contribution is -0.140. The predicted molar refractivity (Wildman–Crippen MR) is 103 cm³/mol. The van der Waals surface area contributed by atoms with Crippen molar-refractivity contribution in [2.24, 2.45) is 0 Å². The number of carbonyl (C=O) groups is 1. The molecule has 1 amide bonds. The Kier molecular flexibility index (Phi) is 6.99. The Morgan fingerprint density at radius 1 is 1.00 bits per heavy atom. The van der Waals surface area contributed by atoms with Gasteiger partial charge in [-0.2, -0.15) is 4.31 Å². The number of amides is 1. The van der Waals surface area contributed by atoms with Crippen LogP contribution in [-0.2, 0) is 14.8 Å². The number of nitrogens with zero attached hydrogens (tertiary/aromatic N) is 3. The van der Waals surface area contributed by atoms with Crippen LogP contribution in [0.25, 0.3) is 0 Å². The molecule has 0 aliphatic carbocycles. The van der Waals surface area contributed by atoms with Crippen molar-refractivity contribution in [3.05, 3.63) is 30.1 Å². The van der Waals surface area contributed by atoms with E-state index < -0.39 is 15.8 Å². The molecule has 0 bridgehead atoms. The summed E-state index contributed by atoms with van der Waals surface area (Å²) >= 11 is 0. The lowest BCUT2D eigenvalue weighted by atomic mass is 10.1. The third kappa shape index (κ3) is 4.67. The summed E-state index contributed by atoms with van der Waals surface area (Å²) in [5.74, 6) is -0.696. The Morgan fingerprint density at radius 3 is 2.00 bits per heavy atom. The highest BCUT2D eigenvalue weighted by atomic mass is 32.2. The number of sulfonamides is 1. The van der Waals surface area contributed by atoms with Crippen molar-refractivity contribution in [1.82, 2.24) is 14.1 Å². The van der Waals surface area contributed by atoms with E-state index in [4.69, 9.17) is 0 Å². The van der Waals surface area contributed by atoms with Gasteiger partial charge in [0, 0.05) is 38.3 Å². The molecule has 1 fully saturated rings. The molecule has 1 aliphatic heterocycles. The van der Waals surface area contributed by atoms with Crippen LogP contribution in [0.5, 0.6) is 0 Å². The Bertz CT molecular complexity index is 751. The fraction of sp³-hybridized carbons (Fsp3) is 0.632. The average Bonchev–Trinajstić information content (AvgIpc) is 2.60. The van der Waals surface area contributed by atoms with Gasteiger partial charge in [-0.25, -0.2) is 12.8 Å². The second-order valence-corrected chi connectivity index (χ2v) is 9.39. The molecule has 0 radical (unpaired) electrons. The molecule has 1 aliphatic rings. The molecule has 0 N–H and O–H groups in total. The van der Waals surface area contributed by atoms with Crippen LogP contribution in [0.1, 0.15) is 34.6 Å². The van der Waals surface area contributed by atoms with Crippen molar-refractivity contribution < 1.29 is 17.6 Å². The molecule has 152 valence electrons. The van der Waals surface area contributed by atoms with Gasteiger partial charge >= 0.3 is 0 Å². The van der Waals surface area contributed by atoms with Crippen molar-refractivity contribution in [2.45, 2.75) is 57.6 Å². The molecule has 8 heteroatoms. The highest BCUT2D eigenvalue weighted by Crippen LogP contribution is 2.21. The number of piperazine rings is 1. The van der Waals surface area contributed by atoms with E-state index in [1.807, 2.05) is 44.4 Å². The predicted octanol–water partition coefficient (Wildman–Crippen LogP) is 2.17. The van der Waals surface area contributed by atoms with Crippen LogP contribution in [0.4, 0.5) is 4.39 Å². The molecule has 1 heterocycles. The summed E-state index contributed by atoms with van der Waals surface area (Å²) in [4.78, 5) is 16.4. The van der Waals surface area contributed by atoms with E-state index in [9.17, 15) is 17.6 Å². The maximum absolute atomic E-state index is 13.9. The minimum Gasteiger partial charge on any atom is -0.336 e. The fourth-order valence-electron chi connectivity index (χ4n) is 3.60. The largest absolute Gasteiger partial charge is 0.336 e. The number of benzene rings is 1. The highest BCUT2D eigenvalue weighted by Gasteiger charge is 2.35. The van der Waals surface area contributed by atoms with E-state index in [1.165, 1.54) is 22.5 Å². The van der Waals surface area contributed by atoms with Crippen LogP contribution in [0, 0.1) is 5.82 Å². The fourth-order valence-corrected chi connectivity index (χ4v) is 5.09. The Hall–Kier alpha value is -1.51. The Morgan fingerprint density at radius 2 is 1.52 bits per heavy atom. The van der Waals surface area contributed by atoms with Gasteiger partial charge in [0.25, 0.3) is 0 Å². The van der Waals surface area contributed by atoms with Gasteiger partial charge in [0.1, 0.15) is 10.7 Å². The molecular weight excluding hydrogens is 369 g/mol. The summed E-state index contributed by atoms with van der Waals surface area (Å²) in [5.41, 5.74) is 0. The molecule has 0 saturated carbocycles. The minimum atomic E-state index is -3.87. The Balaban J connectivity index is 2.06. The van der Waals surface area contributed by atoms with Gasteiger partial charge in [0.2, 0.25) is 15.9 Å². The summed E-state index contributed by atoms with van der Waals surface area (Å²) in [6, 6.07) is 5.29. The van der Waals surface area contributed by atoms with Gasteiger partial charge in [0.15, 0.2) is 0 Å². The lowest BCUT2D eigenvalue weighted by Gasteiger charge is -2.40. The van der Waals surface area contributed by atoms with Crippen LogP contribution in [0.15, 0.2) is 29.2 Å². The highest BCUT2D eigenvalue weighted by molar-refractivity contribution is 7.89. The molecule has 27 heavy (non-hydrogen) atoms. The first-order chi connectivity index (χ1) is 12.6. The first kappa shape index (κ1) is 21.8. The molecule has 1 aromatic rings. The lowest BCUT2D eigenvalue weighted by Crippen LogP contribution is -2.57. The van der Waals surface area contributed by atoms with Gasteiger partial charge in [0.05, 0.1) is 6.04 Å². The van der Waals surface area contributed by atoms with Crippen molar-refractivity contribution in [2.75, 3.05) is 26.2 Å². The zero-order chi connectivity index (χ0) is 20.4. The summed E-state index contributed by atoms with van der Waals surface area (Å²) in [5, 5.41) is 0. The maximum Gasteiger partial charge on any atom is 0.246 e. The van der Waals surface area contributed by atoms with Crippen LogP contribution >= 0.6 is 0 Å². The summed E-state index contributed by atoms with van der Waals surface area (Å²) in [7, 11) is -3.87. The summed E-state index contributed by atoms with van der Waals surface area (Å²) < 4.78 is 40.6. The number of carbonyl (C=O) groups excluding carboxylic acids is 1. The monoisotopic (exact) mass is 399 g/mol. The van der Waals surface area contributed by atoms with E-state index in [-0.39, 0.29) is 42.0 Å². The van der Waals surface area contributed by atoms with Gasteiger partial charge in [-0.1, -0.05) is 12.1 Å². The Labute approximate surface area is 162 Å². The van der Waals surface area contributed by atoms with Gasteiger partial charge < -0.3 is 4.90 Å². The molecule has 1 aromatic carbocycles. The van der Waals surface area contributed by atoms with Crippen molar-refractivity contribution >= 4 is 15.9 Å². The normalized spacial score (nSPS) is 18.1. The minimum absolute atomic E-state index is 0.0467. The van der Waals surface area contributed by atoms with Gasteiger partial charge in [-0.15, -0.1) is 0 Å². The molecule has 2 rings (SSSR count). The smallest absolute Gasteiger partial charge is 0.246 e. The number of hydrogen-bond donors (Lipinski definition) is 0. The standard InChI is InChI=1S/C19H30FN3O3S/c1-14(2)23(15(3)4)19(24)16(5)21-10-12-22(13-11-21)27(25,26)18-9-7-6-8-17(18)20/h6-9,14-16H,10-13H2,1-5H3/t16-/m0/s1. The third-order valence-corrected chi connectivity index (χ3v) is 6.93. The second-order valence-electron chi connectivity index (χ2n) is 7.48. The van der Waals surface area contributed by atoms with E-state index in [0.29, 0.717) is 13.1 Å². The van der Waals surface area contributed by atoms with E-state index >= 15 is 0 Å². The first-order valence-corrected chi connectivity index (χ1v) is 10.8. The molecule has 0 spiro atoms. The third-order valence-electron chi connectivity index (χ3n) is 5.00. The molecule has 1 atom stereocenters. The number of rotatable bonds is 6. The van der Waals surface area contributed by atoms with Gasteiger partial charge in [-0.3, -0.25) is 9.69 Å². The molecular formula is C19H30FN3O3S. The van der Waals surface area contributed by atoms with E-state index in [2.05, 4.69) is 0 Å². The summed E-state index contributed by atoms with van der Waals surface area (Å²) in [6.07, 6.45) is 0. The summed E-state index contributed by atoms with van der Waals surface area (Å²) in [6.45, 7) is 11.2. The van der Waals surface area contributed by atoms with E-state index in [0.717, 1.165) is 6.07 Å². The average molecular weight is 400 g/mol. The van der Waals surface area contributed by atoms with E-state index in [1.54, 1.807) is 0 Å². The van der Waals surface area contributed by atoms with Crippen LogP contribution in [-0.4, -0.2) is 72.7 Å². The van der Waals surface area contributed by atoms with Crippen LogP contribution in [0.2, 0.25) is 0 Å². The zero-order valence-corrected chi connectivity index (χ0v) is 17.5. The molecule has 0 aromatic heterocycles. The number of hydrogen-bond acceptors (Lipinski definition) is 4. The molecule has 1 saturated heterocycles. The van der Waals surface area contributed by atoms with Crippen molar-refractivity contribution in [3.8, 4) is 0 Å². The molecule has 0 unspecified atom stereocenters. The molecule has 6 nitrogen and oxygen atoms in total. The SMILES string of the molecule is CC(C)N(C(=O)[C@H](C)N1CCN(S(=O)(=O)c2ccccc2F)CC1)C(C)C. The van der Waals surface area contributed by atoms with Crippen molar-refractivity contribution in [3.63, 3.8) is 0 Å². The van der Waals surface area contributed by atoms with Crippen molar-refractivity contribution in [1.29, 1.82) is 0 Å². The topological polar surface area (TPSA) is 60.9 Å². The van der Waals surface area contributed by atoms with Crippen LogP contribution in [0.3, 0.4) is 0 Å².